The summed E-state index contributed by atoms with van der Waals surface area (Å²) in [5.41, 5.74) is -8.76. The second-order valence-corrected chi connectivity index (χ2v) is 31.9. The Kier molecular flexibility index (Phi) is 30.4. The molecule has 2 aliphatic carbocycles. The number of aryl methyl sites for hydroxylation is 3. The van der Waals surface area contributed by atoms with E-state index in [0.29, 0.717) is 122 Å². The van der Waals surface area contributed by atoms with E-state index in [2.05, 4.69) is 51.0 Å². The van der Waals surface area contributed by atoms with E-state index in [0.717, 1.165) is 81.0 Å². The van der Waals surface area contributed by atoms with E-state index in [9.17, 15) is 123 Å². The van der Waals surface area contributed by atoms with Gasteiger partial charge in [0.1, 0.15) is 117 Å². The molecule has 10 aromatic heterocycles. The lowest BCUT2D eigenvalue weighted by atomic mass is 9.83. The van der Waals surface area contributed by atoms with Crippen molar-refractivity contribution in [2.75, 3.05) is 0 Å². The number of rotatable bonds is 22. The quantitative estimate of drug-likeness (QED) is 0.0580. The van der Waals surface area contributed by atoms with Gasteiger partial charge in [0.25, 0.3) is 0 Å². The molecule has 740 valence electrons. The van der Waals surface area contributed by atoms with Gasteiger partial charge in [-0.3, -0.25) is 22.0 Å². The lowest BCUT2D eigenvalue weighted by molar-refractivity contribution is -0.138. The maximum absolute atomic E-state index is 13.9. The minimum absolute atomic E-state index is 0.198. The molecule has 15 aromatic rings. The average Bonchev–Trinajstić information content (AvgIpc) is 1.66. The molecule has 0 radical (unpaired) electrons. The van der Waals surface area contributed by atoms with Crippen LogP contribution in [0.5, 0.6) is 28.7 Å². The third-order valence-electron chi connectivity index (χ3n) is 22.5. The first-order valence-electron chi connectivity index (χ1n) is 42.2. The number of alkyl halides is 15. The second-order valence-electron chi connectivity index (χ2n) is 31.9. The molecule has 0 amide bonds. The van der Waals surface area contributed by atoms with Gasteiger partial charge in [-0.15, -0.1) is 51.0 Å². The van der Waals surface area contributed by atoms with Gasteiger partial charge in [-0.05, 0) is 101 Å². The molecule has 2 aliphatic rings. The molecule has 48 heteroatoms. The highest BCUT2D eigenvalue weighted by atomic mass is 19.4. The Morgan fingerprint density at radius 1 is 0.266 bits per heavy atom. The van der Waals surface area contributed by atoms with Crippen LogP contribution in [0, 0.1) is 87.5 Å². The van der Waals surface area contributed by atoms with Crippen molar-refractivity contribution in [1.29, 1.82) is 0 Å². The van der Waals surface area contributed by atoms with E-state index >= 15 is 0 Å². The standard InChI is InChI=1S/2C20H18F5N3O.3C17H13F6N3O/c2*1-11(29-16-6-5-13(21)10-15(16)22)14-7-8-28-17(9-12-3-2-4-12)26-27-19(28)18(14)20(23,24)25;3*1-3-13-24-25-16-14(17(21,22)23)10(4-5-26(13)16)8(2)27-15-11(19)6-9(18)7-12(15)20/h2*5-8,10-12H,2-4,9H2,1H3;3*4-8H,3H2,1-2H3. The molecule has 5 atom stereocenters. The molecular formula is C91H75F28N15O5. The zero-order chi connectivity index (χ0) is 101. The summed E-state index contributed by atoms with van der Waals surface area (Å²) in [6, 6.07) is 13.5. The molecule has 10 heterocycles. The minimum atomic E-state index is -4.81. The number of pyridine rings is 5. The third-order valence-corrected chi connectivity index (χ3v) is 22.5. The lowest BCUT2D eigenvalue weighted by Gasteiger charge is -2.24. The van der Waals surface area contributed by atoms with Gasteiger partial charge in [-0.25, -0.2) is 57.1 Å². The van der Waals surface area contributed by atoms with Crippen molar-refractivity contribution in [1.82, 2.24) is 73.0 Å². The smallest absolute Gasteiger partial charge is 0.420 e. The molecule has 2 saturated carbocycles. The van der Waals surface area contributed by atoms with Crippen LogP contribution in [0.4, 0.5) is 123 Å². The highest BCUT2D eigenvalue weighted by Gasteiger charge is 2.46. The molecule has 5 unspecified atom stereocenters. The van der Waals surface area contributed by atoms with E-state index in [1.807, 2.05) is 0 Å². The topological polar surface area (TPSA) is 197 Å². The van der Waals surface area contributed by atoms with Gasteiger partial charge in [0.2, 0.25) is 0 Å². The first kappa shape index (κ1) is 103. The fraction of sp³-hybridized carbons (Fsp3) is 0.341. The predicted octanol–water partition coefficient (Wildman–Crippen LogP) is 25.6. The zero-order valence-corrected chi connectivity index (χ0v) is 73.4. The van der Waals surface area contributed by atoms with Gasteiger partial charge in [-0.2, -0.15) is 65.9 Å². The summed E-state index contributed by atoms with van der Waals surface area (Å²) in [5, 5.41) is 37.5. The monoisotopic (exact) mass is 1990 g/mol. The Labute approximate surface area is 767 Å². The number of fused-ring (bicyclic) bond motifs is 5. The van der Waals surface area contributed by atoms with Crippen molar-refractivity contribution in [3.8, 4) is 28.7 Å². The van der Waals surface area contributed by atoms with Crippen molar-refractivity contribution >= 4 is 28.2 Å². The number of nitrogens with zero attached hydrogens (tertiary/aromatic N) is 15. The number of halogens is 28. The van der Waals surface area contributed by atoms with E-state index in [1.165, 1.54) is 99.7 Å². The van der Waals surface area contributed by atoms with E-state index < -0.39 is 199 Å². The van der Waals surface area contributed by atoms with Crippen LogP contribution in [0.25, 0.3) is 28.2 Å². The molecule has 139 heavy (non-hydrogen) atoms. The first-order chi connectivity index (χ1) is 65.4. The van der Waals surface area contributed by atoms with Gasteiger partial charge in [0.15, 0.2) is 104 Å². The number of hydrogen-bond acceptors (Lipinski definition) is 15. The highest BCUT2D eigenvalue weighted by Crippen LogP contribution is 2.47. The average molecular weight is 1990 g/mol. The molecule has 0 N–H and O–H groups in total. The number of hydrogen-bond donors (Lipinski definition) is 0. The van der Waals surface area contributed by atoms with Gasteiger partial charge >= 0.3 is 30.9 Å². The number of ether oxygens (including phenoxy) is 5. The first-order valence-corrected chi connectivity index (χ1v) is 42.2. The van der Waals surface area contributed by atoms with Crippen molar-refractivity contribution in [2.24, 2.45) is 11.8 Å². The van der Waals surface area contributed by atoms with Crippen LogP contribution in [0.3, 0.4) is 0 Å². The maximum atomic E-state index is 13.9. The zero-order valence-electron chi connectivity index (χ0n) is 73.4. The highest BCUT2D eigenvalue weighted by molar-refractivity contribution is 5.59. The summed E-state index contributed by atoms with van der Waals surface area (Å²) in [6.45, 7) is 11.5. The van der Waals surface area contributed by atoms with Gasteiger partial charge in [0, 0.05) is 139 Å². The van der Waals surface area contributed by atoms with E-state index in [-0.39, 0.29) is 50.6 Å². The van der Waals surface area contributed by atoms with Crippen LogP contribution in [0.15, 0.2) is 134 Å². The molecule has 0 aliphatic heterocycles. The fourth-order valence-electron chi connectivity index (χ4n) is 15.4. The summed E-state index contributed by atoms with van der Waals surface area (Å²) < 4.78 is 414. The van der Waals surface area contributed by atoms with Crippen LogP contribution in [-0.4, -0.2) is 73.0 Å². The molecule has 17 rings (SSSR count). The Hall–Kier alpha value is -13.8. The van der Waals surface area contributed by atoms with Crippen LogP contribution in [0.1, 0.15) is 209 Å². The molecule has 0 spiro atoms. The summed E-state index contributed by atoms with van der Waals surface area (Å²) in [5.74, 6) is -16.0. The SMILES string of the molecule is CC(Oc1ccc(F)cc1F)c1ccn2c(CC3CCC3)nnc2c1C(F)(F)F.CC(Oc1ccc(F)cc1F)c1ccn2c(CC3CCC3)nnc2c1C(F)(F)F.CCc1nnc2c(C(F)(F)F)c(C(C)Oc3c(F)cc(F)cc3F)ccn12.CCc1nnc2c(C(F)(F)F)c(C(C)Oc3c(F)cc(F)cc3F)ccn12.CCc1nnc2c(C(F)(F)F)c(C(C)Oc3c(F)cc(F)cc3F)ccn12. The number of benzene rings is 5. The second kappa shape index (κ2) is 41.1. The van der Waals surface area contributed by atoms with Crippen molar-refractivity contribution < 1.29 is 147 Å². The van der Waals surface area contributed by atoms with Crippen LogP contribution in [-0.2, 0) is 63.0 Å². The van der Waals surface area contributed by atoms with Gasteiger partial charge < -0.3 is 23.7 Å². The Morgan fingerprint density at radius 2 is 0.468 bits per heavy atom. The fourth-order valence-corrected chi connectivity index (χ4v) is 15.4. The lowest BCUT2D eigenvalue weighted by Crippen LogP contribution is -2.18. The molecular weight excluding hydrogens is 1920 g/mol. The van der Waals surface area contributed by atoms with E-state index in [1.54, 1.807) is 20.8 Å². The summed E-state index contributed by atoms with van der Waals surface area (Å²) in [7, 11) is 0. The Bertz CT molecular complexity index is 6360. The summed E-state index contributed by atoms with van der Waals surface area (Å²) in [4.78, 5) is 0. The van der Waals surface area contributed by atoms with Crippen molar-refractivity contribution in [3.05, 3.63) is 294 Å². The summed E-state index contributed by atoms with van der Waals surface area (Å²) in [6.07, 6.45) is -14.8. The number of aromatic nitrogens is 15. The predicted molar refractivity (Wildman–Crippen MR) is 437 cm³/mol. The molecule has 0 saturated heterocycles. The molecule has 5 aromatic carbocycles. The normalized spacial score (nSPS) is 14.4. The molecule has 0 bridgehead atoms. The molecule has 2 fully saturated rings. The largest absolute Gasteiger partial charge is 0.483 e. The van der Waals surface area contributed by atoms with Crippen LogP contribution < -0.4 is 23.7 Å². The van der Waals surface area contributed by atoms with Crippen molar-refractivity contribution in [3.63, 3.8) is 0 Å². The van der Waals surface area contributed by atoms with Gasteiger partial charge in [0.05, 0.1) is 0 Å². The maximum Gasteiger partial charge on any atom is 0.420 e. The van der Waals surface area contributed by atoms with Crippen molar-refractivity contribution in [2.45, 2.75) is 187 Å². The Balaban J connectivity index is 0.000000147. The third kappa shape index (κ3) is 22.7. The minimum Gasteiger partial charge on any atom is -0.483 e. The van der Waals surface area contributed by atoms with Crippen LogP contribution in [0.2, 0.25) is 0 Å². The Morgan fingerprint density at radius 3 is 0.662 bits per heavy atom. The van der Waals surface area contributed by atoms with E-state index in [4.69, 9.17) is 23.7 Å². The van der Waals surface area contributed by atoms with Crippen LogP contribution >= 0.6 is 0 Å². The molecule has 20 nitrogen and oxygen atoms in total. The summed E-state index contributed by atoms with van der Waals surface area (Å²) >= 11 is 0. The van der Waals surface area contributed by atoms with Gasteiger partial charge in [-0.1, -0.05) is 59.3 Å².